The Hall–Kier alpha value is -1.02. The summed E-state index contributed by atoms with van der Waals surface area (Å²) in [4.78, 5) is 0. The molecular formula is C18H29NO. The van der Waals surface area contributed by atoms with E-state index in [1.807, 2.05) is 0 Å². The summed E-state index contributed by atoms with van der Waals surface area (Å²) in [7, 11) is 1.72. The van der Waals surface area contributed by atoms with E-state index in [2.05, 4.69) is 50.4 Å². The Morgan fingerprint density at radius 1 is 1.30 bits per heavy atom. The molecule has 0 saturated carbocycles. The molecule has 2 unspecified atom stereocenters. The second-order valence-electron chi connectivity index (χ2n) is 6.96. The Bertz CT molecular complexity index is 412. The number of hydrogen-bond acceptors (Lipinski definition) is 2. The van der Waals surface area contributed by atoms with Crippen molar-refractivity contribution in [2.24, 2.45) is 17.3 Å². The molecule has 1 aromatic carbocycles. The van der Waals surface area contributed by atoms with Crippen LogP contribution in [0.15, 0.2) is 24.3 Å². The zero-order chi connectivity index (χ0) is 14.6. The highest BCUT2D eigenvalue weighted by Gasteiger charge is 2.36. The van der Waals surface area contributed by atoms with Gasteiger partial charge in [-0.3, -0.25) is 0 Å². The molecule has 0 radical (unpaired) electrons. The number of rotatable bonds is 5. The molecule has 1 aliphatic heterocycles. The number of methoxy groups -OCH3 is 1. The highest BCUT2D eigenvalue weighted by Crippen LogP contribution is 2.40. The monoisotopic (exact) mass is 275 g/mol. The van der Waals surface area contributed by atoms with Gasteiger partial charge in [-0.25, -0.2) is 0 Å². The fourth-order valence-corrected chi connectivity index (χ4v) is 3.48. The van der Waals surface area contributed by atoms with Crippen molar-refractivity contribution in [1.29, 1.82) is 0 Å². The zero-order valence-corrected chi connectivity index (χ0v) is 13.4. The van der Waals surface area contributed by atoms with Crippen LogP contribution in [0.4, 0.5) is 0 Å². The normalized spacial score (nSPS) is 26.8. The van der Waals surface area contributed by atoms with Gasteiger partial charge in [-0.15, -0.1) is 0 Å². The van der Waals surface area contributed by atoms with Crippen LogP contribution in [0.3, 0.4) is 0 Å². The SMILES string of the molecule is COc1ccc(CC2(C)CCNCC2CC(C)C)cc1. The highest BCUT2D eigenvalue weighted by molar-refractivity contribution is 5.28. The summed E-state index contributed by atoms with van der Waals surface area (Å²) in [5.74, 6) is 2.50. The molecule has 20 heavy (non-hydrogen) atoms. The molecule has 0 aromatic heterocycles. The van der Waals surface area contributed by atoms with Crippen molar-refractivity contribution in [2.45, 2.75) is 40.0 Å². The van der Waals surface area contributed by atoms with E-state index >= 15 is 0 Å². The second kappa shape index (κ2) is 6.62. The Morgan fingerprint density at radius 2 is 2.00 bits per heavy atom. The first kappa shape index (κ1) is 15.4. The van der Waals surface area contributed by atoms with Crippen LogP contribution in [-0.2, 0) is 6.42 Å². The van der Waals surface area contributed by atoms with E-state index in [4.69, 9.17) is 4.74 Å². The molecule has 0 spiro atoms. The van der Waals surface area contributed by atoms with Gasteiger partial charge >= 0.3 is 0 Å². The lowest BCUT2D eigenvalue weighted by Crippen LogP contribution is -2.45. The third-order valence-corrected chi connectivity index (χ3v) is 4.77. The molecule has 2 rings (SSSR count). The number of ether oxygens (including phenoxy) is 1. The van der Waals surface area contributed by atoms with Crippen molar-refractivity contribution in [3.8, 4) is 5.75 Å². The van der Waals surface area contributed by atoms with Gasteiger partial charge < -0.3 is 10.1 Å². The molecule has 1 saturated heterocycles. The summed E-state index contributed by atoms with van der Waals surface area (Å²) >= 11 is 0. The molecule has 1 N–H and O–H groups in total. The second-order valence-corrected chi connectivity index (χ2v) is 6.96. The zero-order valence-electron chi connectivity index (χ0n) is 13.4. The molecule has 112 valence electrons. The Labute approximate surface area is 123 Å². The van der Waals surface area contributed by atoms with Crippen LogP contribution in [0.2, 0.25) is 0 Å². The maximum absolute atomic E-state index is 5.25. The van der Waals surface area contributed by atoms with Crippen LogP contribution >= 0.6 is 0 Å². The van der Waals surface area contributed by atoms with E-state index in [9.17, 15) is 0 Å². The molecule has 1 aromatic rings. The van der Waals surface area contributed by atoms with Crippen LogP contribution in [0, 0.1) is 17.3 Å². The molecular weight excluding hydrogens is 246 g/mol. The fraction of sp³-hybridized carbons (Fsp3) is 0.667. The van der Waals surface area contributed by atoms with Crippen LogP contribution < -0.4 is 10.1 Å². The lowest BCUT2D eigenvalue weighted by atomic mass is 9.66. The van der Waals surface area contributed by atoms with Gasteiger partial charge in [0.05, 0.1) is 7.11 Å². The molecule has 1 heterocycles. The number of piperidine rings is 1. The first-order valence-electron chi connectivity index (χ1n) is 7.87. The van der Waals surface area contributed by atoms with E-state index in [1.54, 1.807) is 7.11 Å². The van der Waals surface area contributed by atoms with Gasteiger partial charge in [0, 0.05) is 0 Å². The third kappa shape index (κ3) is 3.76. The molecule has 0 amide bonds. The lowest BCUT2D eigenvalue weighted by Gasteiger charge is -2.43. The predicted octanol–water partition coefficient (Wildman–Crippen LogP) is 3.90. The first-order chi connectivity index (χ1) is 9.53. The summed E-state index contributed by atoms with van der Waals surface area (Å²) < 4.78 is 5.25. The van der Waals surface area contributed by atoms with Crippen molar-refractivity contribution >= 4 is 0 Å². The summed E-state index contributed by atoms with van der Waals surface area (Å²) in [5, 5.41) is 3.58. The smallest absolute Gasteiger partial charge is 0.118 e. The van der Waals surface area contributed by atoms with E-state index < -0.39 is 0 Å². The Morgan fingerprint density at radius 3 is 2.60 bits per heavy atom. The van der Waals surface area contributed by atoms with Gasteiger partial charge in [-0.1, -0.05) is 32.9 Å². The van der Waals surface area contributed by atoms with Crippen molar-refractivity contribution in [1.82, 2.24) is 5.32 Å². The number of nitrogens with one attached hydrogen (secondary N) is 1. The minimum absolute atomic E-state index is 0.421. The van der Waals surface area contributed by atoms with Gasteiger partial charge in [0.15, 0.2) is 0 Å². The summed E-state index contributed by atoms with van der Waals surface area (Å²) in [6.45, 7) is 9.47. The van der Waals surface area contributed by atoms with E-state index in [1.165, 1.54) is 31.4 Å². The topological polar surface area (TPSA) is 21.3 Å². The fourth-order valence-electron chi connectivity index (χ4n) is 3.48. The van der Waals surface area contributed by atoms with Crippen LogP contribution in [0.25, 0.3) is 0 Å². The maximum Gasteiger partial charge on any atom is 0.118 e. The van der Waals surface area contributed by atoms with E-state index in [-0.39, 0.29) is 0 Å². The number of hydrogen-bond donors (Lipinski definition) is 1. The average Bonchev–Trinajstić information content (AvgIpc) is 2.42. The lowest BCUT2D eigenvalue weighted by molar-refractivity contribution is 0.109. The summed E-state index contributed by atoms with van der Waals surface area (Å²) in [5.41, 5.74) is 1.85. The number of benzene rings is 1. The predicted molar refractivity (Wildman–Crippen MR) is 85.2 cm³/mol. The van der Waals surface area contributed by atoms with E-state index in [0.717, 1.165) is 24.1 Å². The minimum Gasteiger partial charge on any atom is -0.497 e. The van der Waals surface area contributed by atoms with Gasteiger partial charge in [0.1, 0.15) is 5.75 Å². The van der Waals surface area contributed by atoms with Crippen molar-refractivity contribution < 1.29 is 4.74 Å². The largest absolute Gasteiger partial charge is 0.497 e. The third-order valence-electron chi connectivity index (χ3n) is 4.77. The van der Waals surface area contributed by atoms with Gasteiger partial charge in [0.25, 0.3) is 0 Å². The molecule has 2 nitrogen and oxygen atoms in total. The molecule has 1 fully saturated rings. The van der Waals surface area contributed by atoms with Crippen molar-refractivity contribution in [3.05, 3.63) is 29.8 Å². The average molecular weight is 275 g/mol. The summed E-state index contributed by atoms with van der Waals surface area (Å²) in [6, 6.07) is 8.60. The minimum atomic E-state index is 0.421. The maximum atomic E-state index is 5.25. The quantitative estimate of drug-likeness (QED) is 0.880. The van der Waals surface area contributed by atoms with Gasteiger partial charge in [0.2, 0.25) is 0 Å². The molecule has 2 atom stereocenters. The Balaban J connectivity index is 2.09. The van der Waals surface area contributed by atoms with Crippen LogP contribution in [0.1, 0.15) is 39.2 Å². The van der Waals surface area contributed by atoms with Gasteiger partial charge in [-0.2, -0.15) is 0 Å². The Kier molecular flexibility index (Phi) is 5.09. The summed E-state index contributed by atoms with van der Waals surface area (Å²) in [6.07, 6.45) is 3.77. The van der Waals surface area contributed by atoms with Crippen LogP contribution in [0.5, 0.6) is 5.75 Å². The van der Waals surface area contributed by atoms with Crippen LogP contribution in [-0.4, -0.2) is 20.2 Å². The molecule has 0 aliphatic carbocycles. The molecule has 1 aliphatic rings. The van der Waals surface area contributed by atoms with Crippen molar-refractivity contribution in [2.75, 3.05) is 20.2 Å². The van der Waals surface area contributed by atoms with Crippen molar-refractivity contribution in [3.63, 3.8) is 0 Å². The molecule has 2 heteroatoms. The molecule has 0 bridgehead atoms. The van der Waals surface area contributed by atoms with Gasteiger partial charge in [-0.05, 0) is 67.3 Å². The highest BCUT2D eigenvalue weighted by atomic mass is 16.5. The first-order valence-corrected chi connectivity index (χ1v) is 7.87. The standard InChI is InChI=1S/C18H29NO/c1-14(2)11-16-13-19-10-9-18(16,3)12-15-5-7-17(20-4)8-6-15/h5-8,14,16,19H,9-13H2,1-4H3. The van der Waals surface area contributed by atoms with E-state index in [0.29, 0.717) is 5.41 Å².